The SMILES string of the molecule is CCn1c(CCC(N)=O)nnc1SCC(=O)N[C@@H](C)C12CC3CC(CC(C3)C1)C2. The number of nitrogens with one attached hydrogen (secondary N) is 1. The van der Waals surface area contributed by atoms with Gasteiger partial charge in [-0.1, -0.05) is 11.8 Å². The molecule has 0 aliphatic heterocycles. The first kappa shape index (κ1) is 20.7. The van der Waals surface area contributed by atoms with E-state index >= 15 is 0 Å². The lowest BCUT2D eigenvalue weighted by molar-refractivity contribution is -0.123. The largest absolute Gasteiger partial charge is 0.370 e. The quantitative estimate of drug-likeness (QED) is 0.599. The van der Waals surface area contributed by atoms with Crippen LogP contribution in [-0.4, -0.2) is 38.4 Å². The molecule has 4 aliphatic rings. The van der Waals surface area contributed by atoms with Gasteiger partial charge in [-0.15, -0.1) is 10.2 Å². The summed E-state index contributed by atoms with van der Waals surface area (Å²) >= 11 is 1.41. The Morgan fingerprint density at radius 2 is 1.83 bits per heavy atom. The maximum absolute atomic E-state index is 12.7. The molecule has 0 aromatic carbocycles. The molecule has 3 N–H and O–H groups in total. The van der Waals surface area contributed by atoms with Gasteiger partial charge in [-0.25, -0.2) is 0 Å². The molecule has 0 radical (unpaired) electrons. The van der Waals surface area contributed by atoms with Crippen molar-refractivity contribution < 1.29 is 9.59 Å². The van der Waals surface area contributed by atoms with Crippen molar-refractivity contribution in [1.29, 1.82) is 0 Å². The monoisotopic (exact) mass is 419 g/mol. The number of rotatable bonds is 9. The third-order valence-electron chi connectivity index (χ3n) is 7.42. The number of carbonyl (C=O) groups excluding carboxylic acids is 2. The molecular weight excluding hydrogens is 386 g/mol. The zero-order valence-corrected chi connectivity index (χ0v) is 18.3. The van der Waals surface area contributed by atoms with Crippen LogP contribution in [0.4, 0.5) is 0 Å². The molecule has 8 heteroatoms. The fourth-order valence-electron chi connectivity index (χ4n) is 6.44. The predicted octanol–water partition coefficient (Wildman–Crippen LogP) is 2.53. The maximum Gasteiger partial charge on any atom is 0.230 e. The van der Waals surface area contributed by atoms with Crippen LogP contribution >= 0.6 is 11.8 Å². The fourth-order valence-corrected chi connectivity index (χ4v) is 7.27. The van der Waals surface area contributed by atoms with Gasteiger partial charge in [0.25, 0.3) is 0 Å². The summed E-state index contributed by atoms with van der Waals surface area (Å²) < 4.78 is 1.96. The molecule has 7 nitrogen and oxygen atoms in total. The van der Waals surface area contributed by atoms with Gasteiger partial charge in [-0.05, 0) is 75.5 Å². The van der Waals surface area contributed by atoms with Gasteiger partial charge in [0, 0.05) is 25.4 Å². The van der Waals surface area contributed by atoms with Crippen LogP contribution in [0.25, 0.3) is 0 Å². The van der Waals surface area contributed by atoms with Crippen molar-refractivity contribution in [2.45, 2.75) is 83.0 Å². The maximum atomic E-state index is 12.7. The molecule has 160 valence electrons. The van der Waals surface area contributed by atoms with E-state index in [0.717, 1.165) is 28.7 Å². The predicted molar refractivity (Wildman–Crippen MR) is 112 cm³/mol. The molecule has 4 saturated carbocycles. The topological polar surface area (TPSA) is 103 Å². The summed E-state index contributed by atoms with van der Waals surface area (Å²) in [4.78, 5) is 23.7. The molecule has 29 heavy (non-hydrogen) atoms. The van der Waals surface area contributed by atoms with Gasteiger partial charge < -0.3 is 15.6 Å². The van der Waals surface area contributed by atoms with Crippen LogP contribution in [0, 0.1) is 23.2 Å². The fraction of sp³-hybridized carbons (Fsp3) is 0.810. The molecule has 1 heterocycles. The lowest BCUT2D eigenvalue weighted by atomic mass is 9.48. The van der Waals surface area contributed by atoms with Gasteiger partial charge >= 0.3 is 0 Å². The van der Waals surface area contributed by atoms with Gasteiger partial charge in [0.15, 0.2) is 5.16 Å². The molecule has 4 bridgehead atoms. The average molecular weight is 420 g/mol. The minimum atomic E-state index is -0.345. The number of hydrogen-bond donors (Lipinski definition) is 2. The molecule has 1 atom stereocenters. The number of nitrogens with two attached hydrogens (primary N) is 1. The lowest BCUT2D eigenvalue weighted by Crippen LogP contribution is -2.56. The second-order valence-corrected chi connectivity index (χ2v) is 10.4. The number of nitrogens with zero attached hydrogens (tertiary/aromatic N) is 3. The van der Waals surface area contributed by atoms with Crippen molar-refractivity contribution in [1.82, 2.24) is 20.1 Å². The molecule has 4 aliphatic carbocycles. The first-order valence-corrected chi connectivity index (χ1v) is 12.0. The molecule has 1 aromatic heterocycles. The van der Waals surface area contributed by atoms with E-state index in [1.54, 1.807) is 0 Å². The summed E-state index contributed by atoms with van der Waals surface area (Å²) in [6.45, 7) is 4.93. The number of carbonyl (C=O) groups is 2. The zero-order chi connectivity index (χ0) is 20.6. The third-order valence-corrected chi connectivity index (χ3v) is 8.39. The van der Waals surface area contributed by atoms with Gasteiger partial charge in [0.2, 0.25) is 11.8 Å². The third kappa shape index (κ3) is 4.32. The highest BCUT2D eigenvalue weighted by Crippen LogP contribution is 2.61. The van der Waals surface area contributed by atoms with Crippen LogP contribution in [0.2, 0.25) is 0 Å². The van der Waals surface area contributed by atoms with Crippen LogP contribution in [-0.2, 0) is 22.6 Å². The molecule has 4 fully saturated rings. The molecule has 0 unspecified atom stereocenters. The van der Waals surface area contributed by atoms with Gasteiger partial charge in [-0.2, -0.15) is 0 Å². The number of aromatic nitrogens is 3. The molecule has 0 saturated heterocycles. The summed E-state index contributed by atoms with van der Waals surface area (Å²) in [5.74, 6) is 3.47. The minimum Gasteiger partial charge on any atom is -0.370 e. The summed E-state index contributed by atoms with van der Waals surface area (Å²) in [6.07, 6.45) is 8.86. The number of aryl methyl sites for hydroxylation is 1. The smallest absolute Gasteiger partial charge is 0.230 e. The highest BCUT2D eigenvalue weighted by molar-refractivity contribution is 7.99. The van der Waals surface area contributed by atoms with E-state index in [2.05, 4.69) is 22.4 Å². The van der Waals surface area contributed by atoms with E-state index < -0.39 is 0 Å². The highest BCUT2D eigenvalue weighted by atomic mass is 32.2. The number of primary amides is 1. The summed E-state index contributed by atoms with van der Waals surface area (Å²) in [5, 5.41) is 12.4. The zero-order valence-electron chi connectivity index (χ0n) is 17.5. The van der Waals surface area contributed by atoms with Crippen molar-refractivity contribution in [3.05, 3.63) is 5.82 Å². The Labute approximate surface area is 177 Å². The van der Waals surface area contributed by atoms with E-state index in [4.69, 9.17) is 5.73 Å². The van der Waals surface area contributed by atoms with Crippen LogP contribution in [0.3, 0.4) is 0 Å². The Hall–Kier alpha value is -1.57. The normalized spacial score (nSPS) is 31.0. The first-order valence-electron chi connectivity index (χ1n) is 11.0. The Morgan fingerprint density at radius 1 is 1.21 bits per heavy atom. The minimum absolute atomic E-state index is 0.0718. The highest BCUT2D eigenvalue weighted by Gasteiger charge is 2.53. The summed E-state index contributed by atoms with van der Waals surface area (Å²) in [6, 6.07) is 0.235. The molecule has 2 amide bonds. The number of hydrogen-bond acceptors (Lipinski definition) is 5. The first-order chi connectivity index (χ1) is 13.9. The van der Waals surface area contributed by atoms with Crippen molar-refractivity contribution in [3.8, 4) is 0 Å². The average Bonchev–Trinajstić information content (AvgIpc) is 3.05. The Kier molecular flexibility index (Phi) is 5.91. The number of thioether (sulfide) groups is 1. The molecule has 1 aromatic rings. The van der Waals surface area contributed by atoms with Gasteiger partial charge in [0.05, 0.1) is 5.75 Å². The number of amides is 2. The second-order valence-electron chi connectivity index (χ2n) is 9.47. The van der Waals surface area contributed by atoms with E-state index in [-0.39, 0.29) is 24.3 Å². The molecular formula is C21H33N5O2S. The summed E-state index contributed by atoms with van der Waals surface area (Å²) in [7, 11) is 0. The van der Waals surface area contributed by atoms with E-state index in [1.807, 2.05) is 11.5 Å². The van der Waals surface area contributed by atoms with Crippen LogP contribution in [0.1, 0.15) is 64.6 Å². The van der Waals surface area contributed by atoms with Gasteiger partial charge in [-0.3, -0.25) is 9.59 Å². The Balaban J connectivity index is 1.32. The van der Waals surface area contributed by atoms with Crippen LogP contribution in [0.5, 0.6) is 0 Å². The Morgan fingerprint density at radius 3 is 2.38 bits per heavy atom. The van der Waals surface area contributed by atoms with Crippen molar-refractivity contribution in [2.75, 3.05) is 5.75 Å². The van der Waals surface area contributed by atoms with Crippen LogP contribution in [0.15, 0.2) is 5.16 Å². The molecule has 0 spiro atoms. The summed E-state index contributed by atoms with van der Waals surface area (Å²) in [5.41, 5.74) is 5.56. The van der Waals surface area contributed by atoms with Crippen LogP contribution < -0.4 is 11.1 Å². The second kappa shape index (κ2) is 8.28. The van der Waals surface area contributed by atoms with E-state index in [9.17, 15) is 9.59 Å². The lowest BCUT2D eigenvalue weighted by Gasteiger charge is -2.59. The standard InChI is InChI=1S/C21H33N5O2S/c1-3-26-18(5-4-17(22)27)24-25-20(26)29-12-19(28)23-13(2)21-9-14-6-15(10-21)8-16(7-14)11-21/h13-16H,3-12H2,1-2H3,(H2,22,27)(H,23,28)/t13-,14?,15?,16?,21?/m0/s1. The van der Waals surface area contributed by atoms with Gasteiger partial charge in [0.1, 0.15) is 5.82 Å². The van der Waals surface area contributed by atoms with E-state index in [1.165, 1.54) is 50.3 Å². The van der Waals surface area contributed by atoms with E-state index in [0.29, 0.717) is 24.1 Å². The van der Waals surface area contributed by atoms with Crippen molar-refractivity contribution >= 4 is 23.6 Å². The molecule has 5 rings (SSSR count). The van der Waals surface area contributed by atoms with Crippen molar-refractivity contribution in [2.24, 2.45) is 28.9 Å². The van der Waals surface area contributed by atoms with Crippen molar-refractivity contribution in [3.63, 3.8) is 0 Å². The Bertz CT molecular complexity index is 742.